The van der Waals surface area contributed by atoms with E-state index in [1.54, 1.807) is 0 Å². The first kappa shape index (κ1) is 15.7. The van der Waals surface area contributed by atoms with Crippen molar-refractivity contribution in [3.05, 3.63) is 33.8 Å². The van der Waals surface area contributed by atoms with E-state index in [0.717, 1.165) is 10.9 Å². The molecule has 1 atom stereocenters. The molecular weight excluding hydrogens is 288 g/mol. The van der Waals surface area contributed by atoms with Crippen molar-refractivity contribution in [2.45, 2.75) is 45.7 Å². The first-order chi connectivity index (χ1) is 8.33. The largest absolute Gasteiger partial charge is 0.329 e. The fourth-order valence-corrected chi connectivity index (χ4v) is 2.31. The predicted molar refractivity (Wildman–Crippen MR) is 82.8 cm³/mol. The van der Waals surface area contributed by atoms with Gasteiger partial charge in [0.25, 0.3) is 0 Å². The topological polar surface area (TPSA) is 29.3 Å². The summed E-state index contributed by atoms with van der Waals surface area (Å²) in [6, 6.07) is 6.77. The minimum absolute atomic E-state index is 0.158. The van der Waals surface area contributed by atoms with E-state index in [4.69, 9.17) is 5.73 Å². The van der Waals surface area contributed by atoms with Gasteiger partial charge >= 0.3 is 0 Å². The molecule has 0 radical (unpaired) electrons. The van der Waals surface area contributed by atoms with Crippen LogP contribution in [0.3, 0.4) is 0 Å². The van der Waals surface area contributed by atoms with Gasteiger partial charge in [-0.15, -0.1) is 0 Å². The van der Waals surface area contributed by atoms with Gasteiger partial charge in [0.15, 0.2) is 0 Å². The third-order valence-corrected chi connectivity index (χ3v) is 4.97. The second kappa shape index (κ2) is 6.18. The number of benzene rings is 1. The Hall–Kier alpha value is -0.380. The Morgan fingerprint density at radius 2 is 2.00 bits per heavy atom. The molecule has 1 aromatic carbocycles. The molecule has 2 N–H and O–H groups in total. The van der Waals surface area contributed by atoms with Gasteiger partial charge in [0, 0.05) is 22.6 Å². The Labute approximate surface area is 120 Å². The Morgan fingerprint density at radius 3 is 2.44 bits per heavy atom. The Bertz CT molecular complexity index is 401. The summed E-state index contributed by atoms with van der Waals surface area (Å²) in [5, 5.41) is 0. The maximum Gasteiger partial charge on any atom is 0.0472 e. The highest BCUT2D eigenvalue weighted by molar-refractivity contribution is 9.10. The van der Waals surface area contributed by atoms with Gasteiger partial charge in [0.1, 0.15) is 0 Å². The lowest BCUT2D eigenvalue weighted by Crippen LogP contribution is -2.45. The molecule has 102 valence electrons. The summed E-state index contributed by atoms with van der Waals surface area (Å²) >= 11 is 3.55. The van der Waals surface area contributed by atoms with Crippen molar-refractivity contribution in [1.82, 2.24) is 4.90 Å². The van der Waals surface area contributed by atoms with Gasteiger partial charge in [0.2, 0.25) is 0 Å². The molecule has 18 heavy (non-hydrogen) atoms. The molecule has 1 aromatic rings. The number of likely N-dealkylation sites (N-methyl/N-ethyl adjacent to an activating group) is 1. The molecule has 0 saturated heterocycles. The van der Waals surface area contributed by atoms with Crippen LogP contribution >= 0.6 is 15.9 Å². The average Bonchev–Trinajstić information content (AvgIpc) is 2.34. The second-order valence-corrected chi connectivity index (χ2v) is 6.39. The number of halogens is 1. The summed E-state index contributed by atoms with van der Waals surface area (Å²) in [6.45, 7) is 9.51. The van der Waals surface area contributed by atoms with Gasteiger partial charge in [0.05, 0.1) is 0 Å². The zero-order valence-electron chi connectivity index (χ0n) is 12.1. The fourth-order valence-electron chi connectivity index (χ4n) is 2.06. The van der Waals surface area contributed by atoms with Crippen LogP contribution < -0.4 is 5.73 Å². The van der Waals surface area contributed by atoms with Crippen LogP contribution in [-0.4, -0.2) is 24.0 Å². The lowest BCUT2D eigenvalue weighted by Gasteiger charge is -2.40. The number of hydrogen-bond acceptors (Lipinski definition) is 2. The lowest BCUT2D eigenvalue weighted by molar-refractivity contribution is 0.100. The normalized spacial score (nSPS) is 14.0. The molecule has 0 fully saturated rings. The molecule has 0 spiro atoms. The van der Waals surface area contributed by atoms with Crippen LogP contribution in [-0.2, 0) is 0 Å². The predicted octanol–water partition coefficient (Wildman–Crippen LogP) is 3.88. The second-order valence-electron chi connectivity index (χ2n) is 5.54. The third-order valence-electron chi connectivity index (χ3n) is 4.08. The minimum Gasteiger partial charge on any atom is -0.329 e. The summed E-state index contributed by atoms with van der Waals surface area (Å²) in [5.41, 5.74) is 8.70. The molecule has 0 aliphatic heterocycles. The smallest absolute Gasteiger partial charge is 0.0472 e. The summed E-state index contributed by atoms with van der Waals surface area (Å²) < 4.78 is 1.15. The monoisotopic (exact) mass is 312 g/mol. The van der Waals surface area contributed by atoms with Gasteiger partial charge in [-0.25, -0.2) is 0 Å². The molecule has 1 unspecified atom stereocenters. The summed E-state index contributed by atoms with van der Waals surface area (Å²) in [7, 11) is 2.17. The highest BCUT2D eigenvalue weighted by Gasteiger charge is 2.28. The lowest BCUT2D eigenvalue weighted by atomic mass is 9.94. The summed E-state index contributed by atoms with van der Waals surface area (Å²) in [6.07, 6.45) is 1.11. The molecular formula is C15H25BrN2. The van der Waals surface area contributed by atoms with E-state index < -0.39 is 0 Å². The average molecular weight is 313 g/mol. The minimum atomic E-state index is 0.158. The molecule has 0 aliphatic carbocycles. The Morgan fingerprint density at radius 1 is 1.39 bits per heavy atom. The van der Waals surface area contributed by atoms with Crippen molar-refractivity contribution >= 4 is 15.9 Å². The van der Waals surface area contributed by atoms with E-state index in [9.17, 15) is 0 Å². The maximum absolute atomic E-state index is 5.99. The molecule has 1 rings (SSSR count). The molecule has 3 heteroatoms. The van der Waals surface area contributed by atoms with Gasteiger partial charge < -0.3 is 5.73 Å². The number of nitrogens with zero attached hydrogens (tertiary/aromatic N) is 1. The highest BCUT2D eigenvalue weighted by Crippen LogP contribution is 2.29. The maximum atomic E-state index is 5.99. The molecule has 0 aromatic heterocycles. The molecule has 0 saturated carbocycles. The van der Waals surface area contributed by atoms with Crippen molar-refractivity contribution in [1.29, 1.82) is 0 Å². The Balaban J connectivity index is 3.06. The zero-order valence-corrected chi connectivity index (χ0v) is 13.7. The van der Waals surface area contributed by atoms with Crippen LogP contribution in [0.1, 0.15) is 44.4 Å². The molecule has 0 heterocycles. The van der Waals surface area contributed by atoms with Crippen molar-refractivity contribution < 1.29 is 0 Å². The van der Waals surface area contributed by atoms with Crippen LogP contribution in [0, 0.1) is 6.92 Å². The van der Waals surface area contributed by atoms with Crippen LogP contribution in [0.5, 0.6) is 0 Å². The van der Waals surface area contributed by atoms with E-state index in [2.05, 4.69) is 73.8 Å². The van der Waals surface area contributed by atoms with Gasteiger partial charge in [-0.3, -0.25) is 4.90 Å². The first-order valence-corrected chi connectivity index (χ1v) is 7.31. The van der Waals surface area contributed by atoms with Gasteiger partial charge in [-0.2, -0.15) is 0 Å². The number of hydrogen-bond donors (Lipinski definition) is 1. The molecule has 0 bridgehead atoms. The van der Waals surface area contributed by atoms with Gasteiger partial charge in [-0.05, 0) is 51.4 Å². The summed E-state index contributed by atoms with van der Waals surface area (Å²) in [4.78, 5) is 2.38. The third kappa shape index (κ3) is 3.34. The zero-order chi connectivity index (χ0) is 13.9. The molecule has 0 aliphatic rings. The van der Waals surface area contributed by atoms with Gasteiger partial charge in [-0.1, -0.05) is 35.0 Å². The van der Waals surface area contributed by atoms with Crippen LogP contribution in [0.2, 0.25) is 0 Å². The van der Waals surface area contributed by atoms with E-state index in [1.165, 1.54) is 11.1 Å². The quantitative estimate of drug-likeness (QED) is 0.894. The number of aryl methyl sites for hydroxylation is 1. The molecule has 2 nitrogen and oxygen atoms in total. The van der Waals surface area contributed by atoms with Crippen LogP contribution in [0.25, 0.3) is 0 Å². The van der Waals surface area contributed by atoms with Crippen molar-refractivity contribution in [2.75, 3.05) is 13.6 Å². The Kier molecular flexibility index (Phi) is 5.38. The molecule has 0 amide bonds. The number of rotatable bonds is 5. The SMILES string of the molecule is CCC(C)(C)N(C)C(CN)c1ccc(Br)c(C)c1. The summed E-state index contributed by atoms with van der Waals surface area (Å²) in [5.74, 6) is 0. The van der Waals surface area contributed by atoms with E-state index in [1.807, 2.05) is 0 Å². The number of nitrogens with two attached hydrogens (primary N) is 1. The van der Waals surface area contributed by atoms with Crippen molar-refractivity contribution in [3.63, 3.8) is 0 Å². The van der Waals surface area contributed by atoms with Crippen molar-refractivity contribution in [3.8, 4) is 0 Å². The highest BCUT2D eigenvalue weighted by atomic mass is 79.9. The van der Waals surface area contributed by atoms with Crippen LogP contribution in [0.4, 0.5) is 0 Å². The van der Waals surface area contributed by atoms with Crippen LogP contribution in [0.15, 0.2) is 22.7 Å². The van der Waals surface area contributed by atoms with Crippen molar-refractivity contribution in [2.24, 2.45) is 5.73 Å². The fraction of sp³-hybridized carbons (Fsp3) is 0.600. The first-order valence-electron chi connectivity index (χ1n) is 6.52. The van der Waals surface area contributed by atoms with E-state index >= 15 is 0 Å². The van der Waals surface area contributed by atoms with E-state index in [0.29, 0.717) is 6.54 Å². The van der Waals surface area contributed by atoms with E-state index in [-0.39, 0.29) is 11.6 Å². The standard InChI is InChI=1S/C15H25BrN2/c1-6-15(3,4)18(5)14(10-17)12-7-8-13(16)11(2)9-12/h7-9,14H,6,10,17H2,1-5H3.